The Morgan fingerprint density at radius 2 is 1.43 bits per heavy atom. The summed E-state index contributed by atoms with van der Waals surface area (Å²) in [5, 5.41) is 0.193. The lowest BCUT2D eigenvalue weighted by Crippen LogP contribution is -2.44. The fraction of sp³-hybridized carbons (Fsp3) is 0.706. The lowest BCUT2D eigenvalue weighted by molar-refractivity contribution is -0.147. The molecule has 1 saturated heterocycles. The Balaban J connectivity index is 1.64. The second kappa shape index (κ2) is 6.54. The molecule has 0 spiro atoms. The molecule has 1 heterocycles. The van der Waals surface area contributed by atoms with Crippen molar-refractivity contribution in [3.63, 3.8) is 0 Å². The quantitative estimate of drug-likeness (QED) is 0.327. The number of esters is 1. The molecule has 2 amide bonds. The number of hydrogen-bond donors (Lipinski definition) is 0. The molecular formula is C17H15Cl6NO4. The molecule has 0 N–H and O–H groups in total. The second-order valence-corrected chi connectivity index (χ2v) is 11.0. The molecule has 4 aliphatic rings. The summed E-state index contributed by atoms with van der Waals surface area (Å²) in [7, 11) is 0. The zero-order chi connectivity index (χ0) is 20.8. The summed E-state index contributed by atoms with van der Waals surface area (Å²) in [5.41, 5.74) is 0. The van der Waals surface area contributed by atoms with Gasteiger partial charge in [-0.15, -0.1) is 23.2 Å². The van der Waals surface area contributed by atoms with Crippen LogP contribution >= 0.6 is 69.6 Å². The number of fused-ring (bicyclic) bond motifs is 6. The van der Waals surface area contributed by atoms with E-state index in [0.29, 0.717) is 0 Å². The van der Waals surface area contributed by atoms with Gasteiger partial charge < -0.3 is 4.74 Å². The van der Waals surface area contributed by atoms with Crippen LogP contribution in [0.2, 0.25) is 0 Å². The minimum absolute atomic E-state index is 0.00628. The Bertz CT molecular complexity index is 776. The van der Waals surface area contributed by atoms with E-state index in [9.17, 15) is 14.4 Å². The zero-order valence-electron chi connectivity index (χ0n) is 14.5. The van der Waals surface area contributed by atoms with Crippen LogP contribution in [0.3, 0.4) is 0 Å². The van der Waals surface area contributed by atoms with Crippen molar-refractivity contribution >= 4 is 87.4 Å². The molecule has 28 heavy (non-hydrogen) atoms. The summed E-state index contributed by atoms with van der Waals surface area (Å²) < 4.78 is 3.18. The molecule has 154 valence electrons. The molecule has 0 unspecified atom stereocenters. The number of alkyl halides is 4. The Labute approximate surface area is 191 Å². The van der Waals surface area contributed by atoms with Gasteiger partial charge in [-0.1, -0.05) is 46.4 Å². The number of hydrogen-bond acceptors (Lipinski definition) is 4. The van der Waals surface area contributed by atoms with Crippen LogP contribution in [0.1, 0.15) is 19.8 Å². The van der Waals surface area contributed by atoms with Gasteiger partial charge in [-0.25, -0.2) is 0 Å². The van der Waals surface area contributed by atoms with Gasteiger partial charge in [-0.3, -0.25) is 19.3 Å². The molecule has 1 aliphatic heterocycles. The number of rotatable bonds is 3. The highest BCUT2D eigenvalue weighted by Gasteiger charge is 2.83. The Kier molecular flexibility index (Phi) is 4.98. The van der Waals surface area contributed by atoms with E-state index in [1.165, 1.54) is 6.92 Å². The summed E-state index contributed by atoms with van der Waals surface area (Å²) in [5.74, 6) is -3.11. The number of halogens is 6. The van der Waals surface area contributed by atoms with Crippen molar-refractivity contribution in [2.45, 2.75) is 33.8 Å². The van der Waals surface area contributed by atoms with Crippen LogP contribution in [0.5, 0.6) is 0 Å². The van der Waals surface area contributed by atoms with Gasteiger partial charge in [-0.05, 0) is 24.7 Å². The van der Waals surface area contributed by atoms with E-state index in [1.54, 1.807) is 0 Å². The summed E-state index contributed by atoms with van der Waals surface area (Å²) in [4.78, 5) is 34.9. The standard InChI is InChI=1S/C17H15Cl6NO4/c1-6(25)28-3-2-24-13(26)7-4-9-10(5-8(7)14(24)27)16(21)12(19)11(18)15(9,20)17(16,22)23/h7-10H,2-5H2,1H3/t7-,8+,9-,10-,15+,16+/m1/s1. The smallest absolute Gasteiger partial charge is 0.302 e. The van der Waals surface area contributed by atoms with Gasteiger partial charge in [0.1, 0.15) is 16.4 Å². The maximum atomic E-state index is 12.9. The van der Waals surface area contributed by atoms with E-state index in [-0.39, 0.29) is 47.9 Å². The van der Waals surface area contributed by atoms with Crippen LogP contribution in [0.25, 0.3) is 0 Å². The molecule has 11 heteroatoms. The number of ether oxygens (including phenoxy) is 1. The molecule has 6 atom stereocenters. The van der Waals surface area contributed by atoms with E-state index in [1.807, 2.05) is 0 Å². The molecule has 3 fully saturated rings. The van der Waals surface area contributed by atoms with Gasteiger partial charge in [0, 0.05) is 6.92 Å². The van der Waals surface area contributed by atoms with Gasteiger partial charge in [0.25, 0.3) is 0 Å². The van der Waals surface area contributed by atoms with Gasteiger partial charge in [0.2, 0.25) is 11.8 Å². The van der Waals surface area contributed by atoms with E-state index in [4.69, 9.17) is 74.3 Å². The van der Waals surface area contributed by atoms with Gasteiger partial charge in [0.05, 0.1) is 28.4 Å². The second-order valence-electron chi connectivity index (χ2n) is 7.69. The van der Waals surface area contributed by atoms with Crippen molar-refractivity contribution in [3.05, 3.63) is 10.1 Å². The molecular weight excluding hydrogens is 495 g/mol. The van der Waals surface area contributed by atoms with E-state index >= 15 is 0 Å². The summed E-state index contributed by atoms with van der Waals surface area (Å²) in [6.45, 7) is 1.21. The highest BCUT2D eigenvalue weighted by molar-refractivity contribution is 6.65. The summed E-state index contributed by atoms with van der Waals surface area (Å²) in [6, 6.07) is 0. The monoisotopic (exact) mass is 507 g/mol. The lowest BCUT2D eigenvalue weighted by Gasteiger charge is -2.42. The van der Waals surface area contributed by atoms with Crippen LogP contribution in [-0.2, 0) is 19.1 Å². The lowest BCUT2D eigenvalue weighted by atomic mass is 9.65. The predicted octanol–water partition coefficient (Wildman–Crippen LogP) is 4.02. The van der Waals surface area contributed by atoms with Crippen LogP contribution < -0.4 is 0 Å². The average Bonchev–Trinajstić information content (AvgIpc) is 2.98. The number of carbonyl (C=O) groups excluding carboxylic acids is 3. The molecule has 4 rings (SSSR count). The van der Waals surface area contributed by atoms with Crippen molar-refractivity contribution in [1.82, 2.24) is 4.90 Å². The van der Waals surface area contributed by atoms with E-state index < -0.39 is 43.7 Å². The summed E-state index contributed by atoms with van der Waals surface area (Å²) >= 11 is 39.6. The number of nitrogens with zero attached hydrogens (tertiary/aromatic N) is 1. The largest absolute Gasteiger partial charge is 0.464 e. The minimum Gasteiger partial charge on any atom is -0.464 e. The van der Waals surface area contributed by atoms with Crippen LogP contribution in [-0.4, -0.2) is 49.9 Å². The summed E-state index contributed by atoms with van der Waals surface area (Å²) in [6.07, 6.45) is 0.535. The fourth-order valence-corrected chi connectivity index (χ4v) is 8.40. The van der Waals surface area contributed by atoms with Gasteiger partial charge in [0.15, 0.2) is 4.33 Å². The Morgan fingerprint density at radius 3 is 1.82 bits per heavy atom. The normalized spacial score (nSPS) is 43.5. The fourth-order valence-electron chi connectivity index (χ4n) is 5.29. The Hall–Kier alpha value is 0.0900. The van der Waals surface area contributed by atoms with Crippen molar-refractivity contribution in [3.8, 4) is 0 Å². The van der Waals surface area contributed by atoms with E-state index in [0.717, 1.165) is 4.90 Å². The number of allylic oxidation sites excluding steroid dienone is 2. The third-order valence-corrected chi connectivity index (χ3v) is 10.9. The highest BCUT2D eigenvalue weighted by atomic mass is 35.5. The molecule has 0 aromatic heterocycles. The van der Waals surface area contributed by atoms with Gasteiger partial charge in [-0.2, -0.15) is 0 Å². The molecule has 2 saturated carbocycles. The first-order valence-corrected chi connectivity index (χ1v) is 11.0. The SMILES string of the molecule is CC(=O)OCCN1C(=O)[C@H]2C[C@@H]3[C@@H](C[C@H]2C1=O)[C@]1(Cl)C(Cl)=C(Cl)[C@]3(Cl)C1(Cl)Cl. The van der Waals surface area contributed by atoms with Crippen molar-refractivity contribution in [2.75, 3.05) is 13.2 Å². The molecule has 5 nitrogen and oxygen atoms in total. The molecule has 0 radical (unpaired) electrons. The molecule has 0 aromatic rings. The molecule has 2 bridgehead atoms. The number of carbonyl (C=O) groups is 3. The zero-order valence-corrected chi connectivity index (χ0v) is 19.0. The Morgan fingerprint density at radius 1 is 1.00 bits per heavy atom. The number of imide groups is 1. The van der Waals surface area contributed by atoms with Crippen LogP contribution in [0.4, 0.5) is 0 Å². The van der Waals surface area contributed by atoms with Gasteiger partial charge >= 0.3 is 5.97 Å². The maximum Gasteiger partial charge on any atom is 0.302 e. The van der Waals surface area contributed by atoms with E-state index in [2.05, 4.69) is 0 Å². The van der Waals surface area contributed by atoms with Crippen molar-refractivity contribution in [2.24, 2.45) is 23.7 Å². The van der Waals surface area contributed by atoms with Crippen LogP contribution in [0.15, 0.2) is 10.1 Å². The molecule has 0 aromatic carbocycles. The van der Waals surface area contributed by atoms with Crippen molar-refractivity contribution < 1.29 is 19.1 Å². The molecule has 3 aliphatic carbocycles. The number of likely N-dealkylation sites (tertiary alicyclic amines) is 1. The minimum atomic E-state index is -1.67. The third-order valence-electron chi connectivity index (χ3n) is 6.54. The highest BCUT2D eigenvalue weighted by Crippen LogP contribution is 2.79. The third kappa shape index (κ3) is 2.32. The first-order chi connectivity index (χ1) is 12.9. The maximum absolute atomic E-state index is 12.9. The van der Waals surface area contributed by atoms with Crippen LogP contribution in [0, 0.1) is 23.7 Å². The topological polar surface area (TPSA) is 63.7 Å². The van der Waals surface area contributed by atoms with Crippen molar-refractivity contribution in [1.29, 1.82) is 0 Å². The first-order valence-electron chi connectivity index (χ1n) is 8.71. The average molecular weight is 510 g/mol. The first kappa shape index (κ1) is 21.3. The predicted molar refractivity (Wildman–Crippen MR) is 107 cm³/mol. The number of amides is 2.